The first-order valence-corrected chi connectivity index (χ1v) is 11.5. The minimum atomic E-state index is -0.604. The third kappa shape index (κ3) is 7.13. The van der Waals surface area contributed by atoms with Crippen LogP contribution in [0.4, 0.5) is 0 Å². The third-order valence-electron chi connectivity index (χ3n) is 5.63. The Hall–Kier alpha value is -3.24. The predicted molar refractivity (Wildman–Crippen MR) is 134 cm³/mol. The second-order valence-corrected chi connectivity index (χ2v) is 8.33. The number of nitrogens with zero attached hydrogens (tertiary/aromatic N) is 1. The molecule has 0 spiro atoms. The highest BCUT2D eigenvalue weighted by Crippen LogP contribution is 2.26. The van der Waals surface area contributed by atoms with E-state index in [-0.39, 0.29) is 12.7 Å². The van der Waals surface area contributed by atoms with Crippen molar-refractivity contribution in [3.05, 3.63) is 144 Å². The van der Waals surface area contributed by atoms with Crippen molar-refractivity contribution in [3.8, 4) is 0 Å². The van der Waals surface area contributed by atoms with Gasteiger partial charge in [0.15, 0.2) is 0 Å². The molecule has 1 N–H and O–H groups in total. The zero-order valence-corrected chi connectivity index (χ0v) is 18.8. The van der Waals surface area contributed by atoms with Crippen LogP contribution in [-0.4, -0.2) is 29.3 Å². The summed E-state index contributed by atoms with van der Waals surface area (Å²) >= 11 is 0. The molecule has 3 nitrogen and oxygen atoms in total. The van der Waals surface area contributed by atoms with E-state index in [0.717, 1.165) is 24.2 Å². The largest absolute Gasteiger partial charge is 0.389 e. The first-order chi connectivity index (χ1) is 16.3. The Bertz CT molecular complexity index is 974. The molecular formula is C30H31NO2. The van der Waals surface area contributed by atoms with E-state index in [1.54, 1.807) is 0 Å². The summed E-state index contributed by atoms with van der Waals surface area (Å²) < 4.78 is 6.30. The van der Waals surface area contributed by atoms with Crippen LogP contribution in [0.3, 0.4) is 0 Å². The predicted octanol–water partition coefficient (Wildman–Crippen LogP) is 5.86. The molecule has 4 aromatic rings. The maximum Gasteiger partial charge on any atom is 0.108 e. The van der Waals surface area contributed by atoms with Crippen LogP contribution < -0.4 is 0 Å². The van der Waals surface area contributed by atoms with Gasteiger partial charge in [0.05, 0.1) is 12.7 Å². The van der Waals surface area contributed by atoms with Crippen molar-refractivity contribution >= 4 is 0 Å². The van der Waals surface area contributed by atoms with Gasteiger partial charge in [-0.15, -0.1) is 0 Å². The van der Waals surface area contributed by atoms with Crippen LogP contribution in [0.15, 0.2) is 121 Å². The van der Waals surface area contributed by atoms with E-state index < -0.39 is 6.10 Å². The quantitative estimate of drug-likeness (QED) is 0.319. The Morgan fingerprint density at radius 3 is 1.39 bits per heavy atom. The van der Waals surface area contributed by atoms with Crippen LogP contribution in [0.1, 0.15) is 28.4 Å². The van der Waals surface area contributed by atoms with Gasteiger partial charge in [-0.3, -0.25) is 4.90 Å². The molecule has 3 heteroatoms. The molecule has 0 aromatic heterocycles. The van der Waals surface area contributed by atoms with E-state index in [1.165, 1.54) is 11.1 Å². The lowest BCUT2D eigenvalue weighted by Gasteiger charge is -2.27. The molecule has 0 radical (unpaired) electrons. The first-order valence-electron chi connectivity index (χ1n) is 11.5. The highest BCUT2D eigenvalue weighted by molar-refractivity contribution is 5.30. The van der Waals surface area contributed by atoms with Crippen LogP contribution in [0.5, 0.6) is 0 Å². The number of rotatable bonds is 11. The molecule has 0 aliphatic carbocycles. The zero-order chi connectivity index (χ0) is 22.7. The highest BCUT2D eigenvalue weighted by Gasteiger charge is 2.18. The van der Waals surface area contributed by atoms with E-state index in [0.29, 0.717) is 6.54 Å². The van der Waals surface area contributed by atoms with Crippen molar-refractivity contribution in [1.29, 1.82) is 0 Å². The van der Waals surface area contributed by atoms with Crippen molar-refractivity contribution < 1.29 is 9.84 Å². The van der Waals surface area contributed by atoms with Gasteiger partial charge >= 0.3 is 0 Å². The Kier molecular flexibility index (Phi) is 8.42. The summed E-state index contributed by atoms with van der Waals surface area (Å²) in [5.41, 5.74) is 4.63. The standard InChI is InChI=1S/C30H31NO2/c32-29(24-33-30(27-17-9-3-10-18-27)28-19-11-4-12-20-28)23-31(21-25-13-5-1-6-14-25)22-26-15-7-2-8-16-26/h1-20,29-30,32H,21-24H2/t29-/m1/s1. The van der Waals surface area contributed by atoms with Crippen LogP contribution >= 0.6 is 0 Å². The lowest BCUT2D eigenvalue weighted by molar-refractivity contribution is -0.0106. The lowest BCUT2D eigenvalue weighted by Crippen LogP contribution is -2.34. The molecule has 4 aromatic carbocycles. The summed E-state index contributed by atoms with van der Waals surface area (Å²) in [5.74, 6) is 0. The number of hydrogen-bond acceptors (Lipinski definition) is 3. The number of ether oxygens (including phenoxy) is 1. The fraction of sp³-hybridized carbons (Fsp3) is 0.200. The zero-order valence-electron chi connectivity index (χ0n) is 18.8. The van der Waals surface area contributed by atoms with E-state index in [9.17, 15) is 5.11 Å². The van der Waals surface area contributed by atoms with E-state index in [4.69, 9.17) is 4.74 Å². The monoisotopic (exact) mass is 437 g/mol. The average molecular weight is 438 g/mol. The van der Waals surface area contributed by atoms with Crippen molar-refractivity contribution in [2.24, 2.45) is 0 Å². The van der Waals surface area contributed by atoms with Gasteiger partial charge in [-0.2, -0.15) is 0 Å². The number of aliphatic hydroxyl groups is 1. The summed E-state index contributed by atoms with van der Waals surface area (Å²) in [6, 6.07) is 41.2. The van der Waals surface area contributed by atoms with Crippen molar-refractivity contribution in [1.82, 2.24) is 4.90 Å². The summed E-state index contributed by atoms with van der Waals surface area (Å²) in [6.45, 7) is 2.33. The van der Waals surface area contributed by atoms with Crippen LogP contribution in [0, 0.1) is 0 Å². The molecule has 0 amide bonds. The second-order valence-electron chi connectivity index (χ2n) is 8.33. The molecule has 33 heavy (non-hydrogen) atoms. The van der Waals surface area contributed by atoms with E-state index >= 15 is 0 Å². The Morgan fingerprint density at radius 1 is 0.576 bits per heavy atom. The fourth-order valence-corrected chi connectivity index (χ4v) is 4.07. The highest BCUT2D eigenvalue weighted by atomic mass is 16.5. The Morgan fingerprint density at radius 2 is 0.970 bits per heavy atom. The third-order valence-corrected chi connectivity index (χ3v) is 5.63. The second kappa shape index (κ2) is 12.1. The normalized spacial score (nSPS) is 12.2. The molecule has 1 atom stereocenters. The van der Waals surface area contributed by atoms with Gasteiger partial charge in [-0.1, -0.05) is 121 Å². The molecule has 0 bridgehead atoms. The maximum absolute atomic E-state index is 11.0. The minimum absolute atomic E-state index is 0.209. The minimum Gasteiger partial charge on any atom is -0.389 e. The maximum atomic E-state index is 11.0. The summed E-state index contributed by atoms with van der Waals surface area (Å²) in [4.78, 5) is 2.28. The molecule has 0 aliphatic rings. The van der Waals surface area contributed by atoms with Gasteiger partial charge in [0.1, 0.15) is 6.10 Å². The van der Waals surface area contributed by atoms with Gasteiger partial charge < -0.3 is 9.84 Å². The van der Waals surface area contributed by atoms with Gasteiger partial charge in [0.25, 0.3) is 0 Å². The van der Waals surface area contributed by atoms with Gasteiger partial charge in [0, 0.05) is 19.6 Å². The Labute approximate surface area is 196 Å². The van der Waals surface area contributed by atoms with Gasteiger partial charge in [-0.25, -0.2) is 0 Å². The van der Waals surface area contributed by atoms with E-state index in [1.807, 2.05) is 48.5 Å². The average Bonchev–Trinajstić information content (AvgIpc) is 2.87. The molecule has 168 valence electrons. The Balaban J connectivity index is 1.43. The lowest BCUT2D eigenvalue weighted by atomic mass is 10.0. The van der Waals surface area contributed by atoms with Crippen molar-refractivity contribution in [3.63, 3.8) is 0 Å². The van der Waals surface area contributed by atoms with Gasteiger partial charge in [-0.05, 0) is 22.3 Å². The molecule has 0 saturated heterocycles. The fourth-order valence-electron chi connectivity index (χ4n) is 4.07. The molecule has 0 heterocycles. The van der Waals surface area contributed by atoms with Gasteiger partial charge in [0.2, 0.25) is 0 Å². The smallest absolute Gasteiger partial charge is 0.108 e. The molecule has 0 fully saturated rings. The molecule has 0 saturated carbocycles. The summed E-state index contributed by atoms with van der Waals surface area (Å²) in [7, 11) is 0. The summed E-state index contributed by atoms with van der Waals surface area (Å²) in [5, 5.41) is 11.0. The van der Waals surface area contributed by atoms with Crippen molar-refractivity contribution in [2.45, 2.75) is 25.3 Å². The molecular weight excluding hydrogens is 406 g/mol. The molecule has 0 unspecified atom stereocenters. The summed E-state index contributed by atoms with van der Waals surface area (Å²) in [6.07, 6.45) is -0.814. The van der Waals surface area contributed by atoms with Crippen LogP contribution in [-0.2, 0) is 17.8 Å². The molecule has 0 aliphatic heterocycles. The number of hydrogen-bond donors (Lipinski definition) is 1. The number of benzene rings is 4. The topological polar surface area (TPSA) is 32.7 Å². The van der Waals surface area contributed by atoms with Crippen molar-refractivity contribution in [2.75, 3.05) is 13.2 Å². The SMILES string of the molecule is O[C@@H](COC(c1ccccc1)c1ccccc1)CN(Cc1ccccc1)Cc1ccccc1. The number of aliphatic hydroxyl groups excluding tert-OH is 1. The first kappa shape index (κ1) is 22.9. The molecule has 4 rings (SSSR count). The van der Waals surface area contributed by atoms with Crippen LogP contribution in [0.2, 0.25) is 0 Å². The van der Waals surface area contributed by atoms with E-state index in [2.05, 4.69) is 77.7 Å². The van der Waals surface area contributed by atoms with Crippen LogP contribution in [0.25, 0.3) is 0 Å².